The van der Waals surface area contributed by atoms with E-state index in [0.29, 0.717) is 0 Å². The summed E-state index contributed by atoms with van der Waals surface area (Å²) in [4.78, 5) is 24.2. The van der Waals surface area contributed by atoms with Crippen LogP contribution in [-0.2, 0) is 29.2 Å². The van der Waals surface area contributed by atoms with Crippen molar-refractivity contribution in [3.05, 3.63) is 57.9 Å². The van der Waals surface area contributed by atoms with Gasteiger partial charge in [0.25, 0.3) is 0 Å². The minimum absolute atomic E-state index is 0.0295. The highest BCUT2D eigenvalue weighted by atomic mass is 35.5. The maximum absolute atomic E-state index is 13.4. The predicted octanol–water partition coefficient (Wildman–Crippen LogP) is 4.03. The summed E-state index contributed by atoms with van der Waals surface area (Å²) in [5.74, 6) is -1.49. The highest BCUT2D eigenvalue weighted by Crippen LogP contribution is 2.35. The van der Waals surface area contributed by atoms with E-state index in [4.69, 9.17) is 16.3 Å². The second-order valence-corrected chi connectivity index (χ2v) is 5.71. The lowest BCUT2D eigenvalue weighted by Crippen LogP contribution is -2.16. The lowest BCUT2D eigenvalue weighted by molar-refractivity contribution is -0.142. The van der Waals surface area contributed by atoms with Crippen molar-refractivity contribution in [2.75, 3.05) is 6.61 Å². The molecule has 0 unspecified atom stereocenters. The summed E-state index contributed by atoms with van der Waals surface area (Å²) >= 11 is 5.81. The Labute approximate surface area is 147 Å². The second-order valence-electron chi connectivity index (χ2n) is 5.28. The van der Waals surface area contributed by atoms with Crippen LogP contribution in [0.15, 0.2) is 30.3 Å². The average Bonchev–Trinajstić information content (AvgIpc) is 2.84. The van der Waals surface area contributed by atoms with Gasteiger partial charge >= 0.3 is 12.1 Å². The normalized spacial score (nSPS) is 11.4. The van der Waals surface area contributed by atoms with Crippen LogP contribution >= 0.6 is 11.6 Å². The number of aromatic nitrogens is 1. The quantitative estimate of drug-likeness (QED) is 0.587. The van der Waals surface area contributed by atoms with Gasteiger partial charge in [0.1, 0.15) is 5.69 Å². The Bertz CT molecular complexity index is 812. The molecule has 0 N–H and O–H groups in total. The first kappa shape index (κ1) is 19.1. The molecule has 0 saturated carbocycles. The van der Waals surface area contributed by atoms with E-state index in [-0.39, 0.29) is 29.3 Å². The van der Waals surface area contributed by atoms with Crippen molar-refractivity contribution in [1.29, 1.82) is 0 Å². The van der Waals surface area contributed by atoms with Crippen molar-refractivity contribution in [1.82, 2.24) is 4.57 Å². The van der Waals surface area contributed by atoms with Crippen molar-refractivity contribution in [2.24, 2.45) is 7.05 Å². The summed E-state index contributed by atoms with van der Waals surface area (Å²) in [5, 5.41) is 0.236. The average molecular weight is 374 g/mol. The molecular formula is C17H15ClF3NO3. The number of hydrogen-bond donors (Lipinski definition) is 0. The number of carbonyl (C=O) groups excluding carboxylic acids is 2. The molecule has 1 aromatic carbocycles. The van der Waals surface area contributed by atoms with E-state index in [0.717, 1.165) is 10.6 Å². The second kappa shape index (κ2) is 7.31. The van der Waals surface area contributed by atoms with E-state index in [1.54, 1.807) is 6.92 Å². The Morgan fingerprint density at radius 3 is 2.48 bits per heavy atom. The zero-order valence-electron chi connectivity index (χ0n) is 13.5. The number of alkyl halides is 3. The molecule has 0 amide bonds. The Balaban J connectivity index is 2.53. The molecule has 25 heavy (non-hydrogen) atoms. The molecule has 0 aliphatic heterocycles. The SMILES string of the molecule is CCOC(=O)Cc1cc(C(F)(F)F)c(C(=O)c2cccc(Cl)c2)n1C. The van der Waals surface area contributed by atoms with E-state index in [9.17, 15) is 22.8 Å². The van der Waals surface area contributed by atoms with Crippen LogP contribution in [0.25, 0.3) is 0 Å². The van der Waals surface area contributed by atoms with Crippen LogP contribution in [0.1, 0.15) is 34.2 Å². The fraction of sp³-hybridized carbons (Fsp3) is 0.294. The van der Waals surface area contributed by atoms with Crippen LogP contribution < -0.4 is 0 Å². The van der Waals surface area contributed by atoms with E-state index >= 15 is 0 Å². The molecule has 134 valence electrons. The molecule has 0 fully saturated rings. The van der Waals surface area contributed by atoms with E-state index in [1.165, 1.54) is 31.3 Å². The van der Waals surface area contributed by atoms with Crippen molar-refractivity contribution in [2.45, 2.75) is 19.5 Å². The van der Waals surface area contributed by atoms with Gasteiger partial charge in [-0.05, 0) is 25.1 Å². The summed E-state index contributed by atoms with van der Waals surface area (Å²) in [7, 11) is 1.31. The molecule has 1 heterocycles. The maximum Gasteiger partial charge on any atom is 0.418 e. The van der Waals surface area contributed by atoms with Crippen molar-refractivity contribution in [3.8, 4) is 0 Å². The number of rotatable bonds is 5. The van der Waals surface area contributed by atoms with Gasteiger partial charge in [-0.15, -0.1) is 0 Å². The maximum atomic E-state index is 13.4. The Hall–Kier alpha value is -2.28. The molecule has 0 atom stereocenters. The van der Waals surface area contributed by atoms with Crippen LogP contribution in [-0.4, -0.2) is 22.9 Å². The molecule has 0 saturated heterocycles. The molecule has 0 aliphatic rings. The van der Waals surface area contributed by atoms with Crippen molar-refractivity contribution >= 4 is 23.4 Å². The van der Waals surface area contributed by atoms with Gasteiger partial charge in [-0.2, -0.15) is 13.2 Å². The molecule has 4 nitrogen and oxygen atoms in total. The van der Waals surface area contributed by atoms with Crippen molar-refractivity contribution in [3.63, 3.8) is 0 Å². The number of ether oxygens (including phenoxy) is 1. The molecule has 2 rings (SSSR count). The highest BCUT2D eigenvalue weighted by molar-refractivity contribution is 6.31. The molecular weight excluding hydrogens is 359 g/mol. The largest absolute Gasteiger partial charge is 0.466 e. The minimum Gasteiger partial charge on any atom is -0.466 e. The summed E-state index contributed by atoms with van der Waals surface area (Å²) < 4.78 is 46.0. The molecule has 0 aliphatic carbocycles. The zero-order valence-corrected chi connectivity index (χ0v) is 14.2. The Kier molecular flexibility index (Phi) is 5.57. The fourth-order valence-corrected chi connectivity index (χ4v) is 2.63. The number of benzene rings is 1. The summed E-state index contributed by atoms with van der Waals surface area (Å²) in [6, 6.07) is 6.47. The summed E-state index contributed by atoms with van der Waals surface area (Å²) in [6.45, 7) is 1.71. The Morgan fingerprint density at radius 2 is 1.92 bits per heavy atom. The van der Waals surface area contributed by atoms with Gasteiger partial charge in [0.15, 0.2) is 0 Å². The number of halogens is 4. The van der Waals surface area contributed by atoms with Gasteiger partial charge in [-0.3, -0.25) is 9.59 Å². The zero-order chi connectivity index (χ0) is 18.8. The first-order valence-electron chi connectivity index (χ1n) is 7.36. The smallest absolute Gasteiger partial charge is 0.418 e. The van der Waals surface area contributed by atoms with Gasteiger partial charge in [-0.25, -0.2) is 0 Å². The van der Waals surface area contributed by atoms with Gasteiger partial charge in [0.2, 0.25) is 5.78 Å². The van der Waals surface area contributed by atoms with Crippen LogP contribution in [0.4, 0.5) is 13.2 Å². The third kappa shape index (κ3) is 4.22. The molecule has 0 spiro atoms. The van der Waals surface area contributed by atoms with E-state index in [1.807, 2.05) is 0 Å². The number of ketones is 1. The highest BCUT2D eigenvalue weighted by Gasteiger charge is 2.39. The number of esters is 1. The molecule has 0 radical (unpaired) electrons. The lowest BCUT2D eigenvalue weighted by atomic mass is 10.0. The molecule has 8 heteroatoms. The monoisotopic (exact) mass is 373 g/mol. The third-order valence-electron chi connectivity index (χ3n) is 3.57. The fourth-order valence-electron chi connectivity index (χ4n) is 2.44. The summed E-state index contributed by atoms with van der Waals surface area (Å²) in [6.07, 6.45) is -5.11. The minimum atomic E-state index is -4.74. The summed E-state index contributed by atoms with van der Waals surface area (Å²) in [5.41, 5.74) is -1.58. The van der Waals surface area contributed by atoms with Gasteiger partial charge < -0.3 is 9.30 Å². The van der Waals surface area contributed by atoms with Gasteiger partial charge in [-0.1, -0.05) is 23.7 Å². The van der Waals surface area contributed by atoms with Gasteiger partial charge in [0, 0.05) is 23.3 Å². The van der Waals surface area contributed by atoms with E-state index in [2.05, 4.69) is 0 Å². The third-order valence-corrected chi connectivity index (χ3v) is 3.81. The number of nitrogens with zero attached hydrogens (tertiary/aromatic N) is 1. The first-order chi connectivity index (χ1) is 11.6. The molecule has 0 bridgehead atoms. The van der Waals surface area contributed by atoms with Crippen molar-refractivity contribution < 1.29 is 27.5 Å². The first-order valence-corrected chi connectivity index (χ1v) is 7.74. The van der Waals surface area contributed by atoms with Crippen LogP contribution in [0.2, 0.25) is 5.02 Å². The lowest BCUT2D eigenvalue weighted by Gasteiger charge is -2.11. The van der Waals surface area contributed by atoms with Gasteiger partial charge in [0.05, 0.1) is 18.6 Å². The standard InChI is InChI=1S/C17H15ClF3NO3/c1-3-25-14(23)9-12-8-13(17(19,20)21)15(22(12)2)16(24)10-5-4-6-11(18)7-10/h4-8H,3,9H2,1-2H3. The molecule has 1 aromatic heterocycles. The van der Waals surface area contributed by atoms with Crippen LogP contribution in [0, 0.1) is 0 Å². The number of carbonyl (C=O) groups is 2. The Morgan fingerprint density at radius 1 is 1.24 bits per heavy atom. The number of hydrogen-bond acceptors (Lipinski definition) is 3. The van der Waals surface area contributed by atoms with E-state index < -0.39 is 29.2 Å². The van der Waals surface area contributed by atoms with Crippen LogP contribution in [0.3, 0.4) is 0 Å². The van der Waals surface area contributed by atoms with Crippen LogP contribution in [0.5, 0.6) is 0 Å². The topological polar surface area (TPSA) is 48.3 Å². The molecule has 2 aromatic rings. The predicted molar refractivity (Wildman–Crippen MR) is 85.6 cm³/mol.